The van der Waals surface area contributed by atoms with Gasteiger partial charge in [0.25, 0.3) is 0 Å². The Bertz CT molecular complexity index is 469. The summed E-state index contributed by atoms with van der Waals surface area (Å²) in [6.07, 6.45) is 6.47. The van der Waals surface area contributed by atoms with E-state index >= 15 is 0 Å². The summed E-state index contributed by atoms with van der Waals surface area (Å²) in [5.74, 6) is 3.18. The van der Waals surface area contributed by atoms with Crippen molar-refractivity contribution >= 4 is 17.7 Å². The van der Waals surface area contributed by atoms with E-state index in [0.717, 1.165) is 30.8 Å². The van der Waals surface area contributed by atoms with Gasteiger partial charge in [-0.3, -0.25) is 9.98 Å². The molecule has 1 saturated heterocycles. The summed E-state index contributed by atoms with van der Waals surface area (Å²) < 4.78 is 0. The summed E-state index contributed by atoms with van der Waals surface area (Å²) in [6, 6.07) is 4.16. The van der Waals surface area contributed by atoms with Crippen molar-refractivity contribution in [2.75, 3.05) is 25.4 Å². The van der Waals surface area contributed by atoms with Crippen LogP contribution in [0.5, 0.6) is 0 Å². The number of pyridine rings is 1. The molecule has 1 fully saturated rings. The number of nitrogens with one attached hydrogen (secondary N) is 2. The van der Waals surface area contributed by atoms with Gasteiger partial charge in [0.2, 0.25) is 0 Å². The highest BCUT2D eigenvalue weighted by molar-refractivity contribution is 8.00. The Labute approximate surface area is 145 Å². The molecule has 2 unspecified atom stereocenters. The lowest BCUT2D eigenvalue weighted by atomic mass is 9.89. The maximum atomic E-state index is 4.83. The van der Waals surface area contributed by atoms with Gasteiger partial charge in [0.05, 0.1) is 0 Å². The van der Waals surface area contributed by atoms with E-state index in [-0.39, 0.29) is 0 Å². The molecule has 5 heteroatoms. The molecule has 23 heavy (non-hydrogen) atoms. The van der Waals surface area contributed by atoms with Gasteiger partial charge in [-0.05, 0) is 43.1 Å². The maximum absolute atomic E-state index is 4.83. The van der Waals surface area contributed by atoms with Crippen LogP contribution in [0.3, 0.4) is 0 Å². The molecular weight excluding hydrogens is 304 g/mol. The first-order valence-electron chi connectivity index (χ1n) is 8.74. The molecule has 2 atom stereocenters. The molecule has 128 valence electrons. The number of aromatic nitrogens is 1. The third-order valence-electron chi connectivity index (χ3n) is 4.23. The molecule has 2 heterocycles. The fourth-order valence-corrected chi connectivity index (χ4v) is 4.04. The lowest BCUT2D eigenvalue weighted by Gasteiger charge is -2.20. The van der Waals surface area contributed by atoms with Crippen LogP contribution in [0.1, 0.15) is 45.1 Å². The van der Waals surface area contributed by atoms with Gasteiger partial charge in [-0.2, -0.15) is 11.8 Å². The number of hydrogen-bond donors (Lipinski definition) is 2. The van der Waals surface area contributed by atoms with Gasteiger partial charge in [0, 0.05) is 43.2 Å². The number of thioether (sulfide) groups is 1. The molecule has 1 aromatic rings. The predicted octanol–water partition coefficient (Wildman–Crippen LogP) is 3.27. The average molecular weight is 335 g/mol. The molecule has 0 spiro atoms. The second-order valence-corrected chi connectivity index (χ2v) is 7.78. The van der Waals surface area contributed by atoms with Crippen LogP contribution in [-0.4, -0.2) is 41.6 Å². The Balaban J connectivity index is 1.95. The van der Waals surface area contributed by atoms with Crippen molar-refractivity contribution in [1.29, 1.82) is 0 Å². The van der Waals surface area contributed by atoms with E-state index in [4.69, 9.17) is 4.99 Å². The monoisotopic (exact) mass is 334 g/mol. The van der Waals surface area contributed by atoms with Gasteiger partial charge in [-0.15, -0.1) is 0 Å². The van der Waals surface area contributed by atoms with Crippen molar-refractivity contribution in [1.82, 2.24) is 15.6 Å². The average Bonchev–Trinajstić information content (AvgIpc) is 3.07. The van der Waals surface area contributed by atoms with Gasteiger partial charge in [-0.1, -0.05) is 19.9 Å². The first kappa shape index (κ1) is 18.1. The molecule has 2 rings (SSSR count). The normalized spacial score (nSPS) is 19.8. The van der Waals surface area contributed by atoms with Crippen molar-refractivity contribution in [3.63, 3.8) is 0 Å². The molecule has 0 radical (unpaired) electrons. The number of hydrogen-bond acceptors (Lipinski definition) is 3. The summed E-state index contributed by atoms with van der Waals surface area (Å²) >= 11 is 2.08. The Hall–Kier alpha value is -1.23. The molecule has 0 aliphatic carbocycles. The van der Waals surface area contributed by atoms with E-state index in [2.05, 4.69) is 54.2 Å². The number of guanidine groups is 1. The van der Waals surface area contributed by atoms with Crippen LogP contribution >= 0.6 is 11.8 Å². The van der Waals surface area contributed by atoms with Gasteiger partial charge >= 0.3 is 0 Å². The first-order chi connectivity index (χ1) is 11.2. The smallest absolute Gasteiger partial charge is 0.191 e. The Morgan fingerprint density at radius 3 is 2.91 bits per heavy atom. The van der Waals surface area contributed by atoms with Crippen molar-refractivity contribution in [3.8, 4) is 0 Å². The predicted molar refractivity (Wildman–Crippen MR) is 101 cm³/mol. The highest BCUT2D eigenvalue weighted by Gasteiger charge is 2.17. The third-order valence-corrected chi connectivity index (χ3v) is 5.63. The van der Waals surface area contributed by atoms with Crippen LogP contribution in [0, 0.1) is 5.92 Å². The molecule has 0 aromatic carbocycles. The lowest BCUT2D eigenvalue weighted by molar-refractivity contribution is 0.504. The van der Waals surface area contributed by atoms with Gasteiger partial charge < -0.3 is 10.6 Å². The van der Waals surface area contributed by atoms with Gasteiger partial charge in [-0.25, -0.2) is 0 Å². The van der Waals surface area contributed by atoms with Crippen LogP contribution in [0.25, 0.3) is 0 Å². The Kier molecular flexibility index (Phi) is 7.72. The summed E-state index contributed by atoms with van der Waals surface area (Å²) in [5.41, 5.74) is 1.27. The molecular formula is C18H30N4S. The standard InChI is InChI=1S/C18H30N4S/c1-4-20-18(21-12-16-8-6-10-23-16)22-13-17(14(2)3)15-7-5-9-19-11-15/h5,7,9,11,14,16-17H,4,6,8,10,12-13H2,1-3H3,(H2,20,21,22). The van der Waals surface area contributed by atoms with Gasteiger partial charge in [0.15, 0.2) is 5.96 Å². The maximum Gasteiger partial charge on any atom is 0.191 e. The van der Waals surface area contributed by atoms with Crippen LogP contribution in [0.4, 0.5) is 0 Å². The highest BCUT2D eigenvalue weighted by Crippen LogP contribution is 2.25. The minimum atomic E-state index is 0.403. The zero-order valence-electron chi connectivity index (χ0n) is 14.6. The van der Waals surface area contributed by atoms with E-state index in [1.807, 2.05) is 18.5 Å². The van der Waals surface area contributed by atoms with Crippen LogP contribution < -0.4 is 10.6 Å². The molecule has 2 N–H and O–H groups in total. The molecule has 0 amide bonds. The Morgan fingerprint density at radius 2 is 2.30 bits per heavy atom. The molecule has 0 bridgehead atoms. The number of nitrogens with zero attached hydrogens (tertiary/aromatic N) is 2. The summed E-state index contributed by atoms with van der Waals surface area (Å²) in [7, 11) is 0. The van der Waals surface area contributed by atoms with Gasteiger partial charge in [0.1, 0.15) is 0 Å². The van der Waals surface area contributed by atoms with E-state index in [0.29, 0.717) is 11.8 Å². The number of rotatable bonds is 7. The SMILES string of the molecule is CCNC(=NCC(c1cccnc1)C(C)C)NCC1CCCS1. The first-order valence-corrected chi connectivity index (χ1v) is 9.79. The van der Waals surface area contributed by atoms with Crippen molar-refractivity contribution in [2.24, 2.45) is 10.9 Å². The van der Waals surface area contributed by atoms with Crippen LogP contribution in [0.2, 0.25) is 0 Å². The van der Waals surface area contributed by atoms with Crippen molar-refractivity contribution in [3.05, 3.63) is 30.1 Å². The highest BCUT2D eigenvalue weighted by atomic mass is 32.2. The van der Waals surface area contributed by atoms with E-state index in [1.165, 1.54) is 24.2 Å². The lowest BCUT2D eigenvalue weighted by Crippen LogP contribution is -2.40. The summed E-state index contributed by atoms with van der Waals surface area (Å²) in [4.78, 5) is 9.09. The third kappa shape index (κ3) is 6.05. The second kappa shape index (κ2) is 9.81. The van der Waals surface area contributed by atoms with Crippen LogP contribution in [-0.2, 0) is 0 Å². The molecule has 1 aliphatic rings. The fraction of sp³-hybridized carbons (Fsp3) is 0.667. The second-order valence-electron chi connectivity index (χ2n) is 6.37. The van der Waals surface area contributed by atoms with Crippen molar-refractivity contribution < 1.29 is 0 Å². The topological polar surface area (TPSA) is 49.3 Å². The van der Waals surface area contributed by atoms with Crippen molar-refractivity contribution in [2.45, 2.75) is 44.8 Å². The van der Waals surface area contributed by atoms with Crippen LogP contribution in [0.15, 0.2) is 29.5 Å². The minimum Gasteiger partial charge on any atom is -0.357 e. The summed E-state index contributed by atoms with van der Waals surface area (Å²) in [5, 5.41) is 7.61. The zero-order chi connectivity index (χ0) is 16.5. The summed E-state index contributed by atoms with van der Waals surface area (Å²) in [6.45, 7) is 9.31. The van der Waals surface area contributed by atoms with E-state index in [9.17, 15) is 0 Å². The fourth-order valence-electron chi connectivity index (χ4n) is 2.84. The Morgan fingerprint density at radius 1 is 1.43 bits per heavy atom. The molecule has 1 aromatic heterocycles. The zero-order valence-corrected chi connectivity index (χ0v) is 15.4. The quantitative estimate of drug-likeness (QED) is 0.593. The largest absolute Gasteiger partial charge is 0.357 e. The molecule has 1 aliphatic heterocycles. The van der Waals surface area contributed by atoms with E-state index in [1.54, 1.807) is 0 Å². The minimum absolute atomic E-state index is 0.403. The molecule has 0 saturated carbocycles. The van der Waals surface area contributed by atoms with E-state index < -0.39 is 0 Å². The number of aliphatic imine (C=N–C) groups is 1. The molecule has 4 nitrogen and oxygen atoms in total.